The molecular formula is C9H19NO3. The summed E-state index contributed by atoms with van der Waals surface area (Å²) in [5.41, 5.74) is -0.897. The lowest BCUT2D eigenvalue weighted by molar-refractivity contribution is 0.00844. The van der Waals surface area contributed by atoms with E-state index in [0.717, 1.165) is 12.8 Å². The van der Waals surface area contributed by atoms with Crippen LogP contribution in [-0.4, -0.2) is 34.8 Å². The van der Waals surface area contributed by atoms with E-state index in [0.29, 0.717) is 6.61 Å². The largest absolute Gasteiger partial charge is 0.411 e. The van der Waals surface area contributed by atoms with Crippen LogP contribution in [0.2, 0.25) is 0 Å². The Balaban J connectivity index is 3.76. The van der Waals surface area contributed by atoms with Gasteiger partial charge >= 0.3 is 0 Å². The quantitative estimate of drug-likeness (QED) is 0.287. The van der Waals surface area contributed by atoms with Crippen LogP contribution in [0.5, 0.6) is 0 Å². The van der Waals surface area contributed by atoms with Crippen LogP contribution in [0.3, 0.4) is 0 Å². The molecule has 0 rings (SSSR count). The molecule has 78 valence electrons. The second-order valence-electron chi connectivity index (χ2n) is 3.37. The lowest BCUT2D eigenvalue weighted by Crippen LogP contribution is -2.38. The van der Waals surface area contributed by atoms with E-state index < -0.39 is 5.60 Å². The van der Waals surface area contributed by atoms with Gasteiger partial charge in [0.05, 0.1) is 12.3 Å². The van der Waals surface area contributed by atoms with Crippen molar-refractivity contribution in [3.63, 3.8) is 0 Å². The zero-order chi connectivity index (χ0) is 10.3. The zero-order valence-corrected chi connectivity index (χ0v) is 8.58. The summed E-state index contributed by atoms with van der Waals surface area (Å²) in [7, 11) is 0. The Morgan fingerprint density at radius 3 is 2.62 bits per heavy atom. The second kappa shape index (κ2) is 5.94. The molecule has 0 aliphatic rings. The van der Waals surface area contributed by atoms with Crippen molar-refractivity contribution in [1.29, 1.82) is 0 Å². The molecule has 0 aromatic heterocycles. The highest BCUT2D eigenvalue weighted by Crippen LogP contribution is 2.07. The van der Waals surface area contributed by atoms with Gasteiger partial charge in [0.1, 0.15) is 5.60 Å². The Morgan fingerprint density at radius 1 is 1.54 bits per heavy atom. The summed E-state index contributed by atoms with van der Waals surface area (Å²) in [5, 5.41) is 21.1. The highest BCUT2D eigenvalue weighted by atomic mass is 16.5. The van der Waals surface area contributed by atoms with E-state index in [1.165, 1.54) is 0 Å². The van der Waals surface area contributed by atoms with E-state index in [4.69, 9.17) is 9.94 Å². The molecule has 0 heterocycles. The molecule has 4 nitrogen and oxygen atoms in total. The van der Waals surface area contributed by atoms with Gasteiger partial charge in [0.15, 0.2) is 0 Å². The van der Waals surface area contributed by atoms with Gasteiger partial charge in [-0.05, 0) is 20.3 Å². The third-order valence-corrected chi connectivity index (χ3v) is 1.95. The number of hydrogen-bond acceptors (Lipinski definition) is 4. The third-order valence-electron chi connectivity index (χ3n) is 1.95. The molecule has 0 spiro atoms. The van der Waals surface area contributed by atoms with Crippen molar-refractivity contribution in [2.24, 2.45) is 5.16 Å². The molecule has 1 unspecified atom stereocenters. The third kappa shape index (κ3) is 4.85. The normalized spacial score (nSPS) is 17.1. The van der Waals surface area contributed by atoms with Crippen molar-refractivity contribution >= 4 is 5.71 Å². The standard InChI is InChI=1S/C9H19NO3/c1-4-5-6-13-7-9(3,11)8(2)10-12/h11-12H,4-7H2,1-3H3. The molecule has 0 amide bonds. The van der Waals surface area contributed by atoms with Crippen LogP contribution in [-0.2, 0) is 4.74 Å². The predicted molar refractivity (Wildman–Crippen MR) is 51.2 cm³/mol. The average molecular weight is 189 g/mol. The van der Waals surface area contributed by atoms with Crippen LogP contribution >= 0.6 is 0 Å². The fraction of sp³-hybridized carbons (Fsp3) is 0.889. The Morgan fingerprint density at radius 2 is 2.15 bits per heavy atom. The average Bonchev–Trinajstić information content (AvgIpc) is 2.11. The molecule has 13 heavy (non-hydrogen) atoms. The molecule has 1 atom stereocenters. The Bertz CT molecular complexity index is 166. The van der Waals surface area contributed by atoms with Crippen LogP contribution in [0, 0.1) is 0 Å². The molecule has 0 aliphatic heterocycles. The first kappa shape index (κ1) is 12.4. The SMILES string of the molecule is CCCCOCC(C)(O)C(C)=NO. The van der Waals surface area contributed by atoms with Crippen molar-refractivity contribution in [3.8, 4) is 0 Å². The van der Waals surface area contributed by atoms with Gasteiger partial charge in [0, 0.05) is 6.61 Å². The van der Waals surface area contributed by atoms with Gasteiger partial charge in [0.25, 0.3) is 0 Å². The minimum absolute atomic E-state index is 0.170. The molecule has 2 N–H and O–H groups in total. The van der Waals surface area contributed by atoms with Gasteiger partial charge in [-0.1, -0.05) is 18.5 Å². The van der Waals surface area contributed by atoms with Gasteiger partial charge in [-0.3, -0.25) is 0 Å². The van der Waals surface area contributed by atoms with E-state index in [2.05, 4.69) is 12.1 Å². The molecule has 0 aliphatic carbocycles. The lowest BCUT2D eigenvalue weighted by Gasteiger charge is -2.21. The minimum atomic E-state index is -1.16. The minimum Gasteiger partial charge on any atom is -0.411 e. The van der Waals surface area contributed by atoms with Gasteiger partial charge in [0.2, 0.25) is 0 Å². The zero-order valence-electron chi connectivity index (χ0n) is 8.58. The molecule has 0 aromatic carbocycles. The van der Waals surface area contributed by atoms with E-state index in [1.807, 2.05) is 0 Å². The van der Waals surface area contributed by atoms with Crippen LogP contribution in [0.25, 0.3) is 0 Å². The van der Waals surface area contributed by atoms with E-state index in [1.54, 1.807) is 13.8 Å². The summed E-state index contributed by atoms with van der Waals surface area (Å²) in [6.07, 6.45) is 2.04. The summed E-state index contributed by atoms with van der Waals surface area (Å²) < 4.78 is 5.22. The van der Waals surface area contributed by atoms with E-state index in [-0.39, 0.29) is 12.3 Å². The molecule has 0 saturated heterocycles. The number of oxime groups is 1. The van der Waals surface area contributed by atoms with Gasteiger partial charge < -0.3 is 15.1 Å². The first-order valence-electron chi connectivity index (χ1n) is 4.54. The van der Waals surface area contributed by atoms with Crippen molar-refractivity contribution in [3.05, 3.63) is 0 Å². The van der Waals surface area contributed by atoms with Crippen molar-refractivity contribution in [2.45, 2.75) is 39.2 Å². The second-order valence-corrected chi connectivity index (χ2v) is 3.37. The molecule has 4 heteroatoms. The molecule has 0 radical (unpaired) electrons. The van der Waals surface area contributed by atoms with Crippen molar-refractivity contribution < 1.29 is 15.1 Å². The van der Waals surface area contributed by atoms with Crippen molar-refractivity contribution in [2.75, 3.05) is 13.2 Å². The lowest BCUT2D eigenvalue weighted by atomic mass is 10.0. The molecule has 0 aromatic rings. The first-order chi connectivity index (χ1) is 6.04. The first-order valence-corrected chi connectivity index (χ1v) is 4.54. The van der Waals surface area contributed by atoms with Crippen molar-refractivity contribution in [1.82, 2.24) is 0 Å². The monoisotopic (exact) mass is 189 g/mol. The number of unbranched alkanes of at least 4 members (excludes halogenated alkanes) is 1. The van der Waals surface area contributed by atoms with Crippen LogP contribution in [0.15, 0.2) is 5.16 Å². The Hall–Kier alpha value is -0.610. The number of nitrogens with zero attached hydrogens (tertiary/aromatic N) is 1. The number of aliphatic hydroxyl groups is 1. The molecular weight excluding hydrogens is 170 g/mol. The van der Waals surface area contributed by atoms with Crippen LogP contribution < -0.4 is 0 Å². The Kier molecular flexibility index (Phi) is 5.66. The maximum atomic E-state index is 9.67. The van der Waals surface area contributed by atoms with Gasteiger partial charge in [-0.25, -0.2) is 0 Å². The summed E-state index contributed by atoms with van der Waals surface area (Å²) in [5.74, 6) is 0. The maximum absolute atomic E-state index is 9.67. The van der Waals surface area contributed by atoms with E-state index in [9.17, 15) is 5.11 Å². The topological polar surface area (TPSA) is 62.0 Å². The Labute approximate surface area is 79.2 Å². The molecule has 0 bridgehead atoms. The number of rotatable bonds is 6. The number of ether oxygens (including phenoxy) is 1. The van der Waals surface area contributed by atoms with Gasteiger partial charge in [-0.15, -0.1) is 0 Å². The van der Waals surface area contributed by atoms with Crippen LogP contribution in [0.1, 0.15) is 33.6 Å². The summed E-state index contributed by atoms with van der Waals surface area (Å²) >= 11 is 0. The summed E-state index contributed by atoms with van der Waals surface area (Å²) in [6, 6.07) is 0. The fourth-order valence-corrected chi connectivity index (χ4v) is 0.729. The fourth-order valence-electron chi connectivity index (χ4n) is 0.729. The molecule has 0 fully saturated rings. The highest BCUT2D eigenvalue weighted by Gasteiger charge is 2.24. The van der Waals surface area contributed by atoms with Crippen LogP contribution in [0.4, 0.5) is 0 Å². The summed E-state index contributed by atoms with van der Waals surface area (Å²) in [6.45, 7) is 5.99. The highest BCUT2D eigenvalue weighted by molar-refractivity contribution is 5.89. The number of hydrogen-bond donors (Lipinski definition) is 2. The molecule has 0 saturated carbocycles. The van der Waals surface area contributed by atoms with E-state index >= 15 is 0 Å². The predicted octanol–water partition coefficient (Wildman–Crippen LogP) is 1.40. The van der Waals surface area contributed by atoms with Gasteiger partial charge in [-0.2, -0.15) is 0 Å². The summed E-state index contributed by atoms with van der Waals surface area (Å²) in [4.78, 5) is 0. The maximum Gasteiger partial charge on any atom is 0.126 e. The smallest absolute Gasteiger partial charge is 0.126 e.